The van der Waals surface area contributed by atoms with Gasteiger partial charge in [0.15, 0.2) is 0 Å². The fourth-order valence-electron chi connectivity index (χ4n) is 2.65. The minimum absolute atomic E-state index is 0.0649. The molecule has 1 heterocycles. The molecule has 1 aromatic rings. The average molecular weight is 318 g/mol. The van der Waals surface area contributed by atoms with Gasteiger partial charge < -0.3 is 16.4 Å². The van der Waals surface area contributed by atoms with E-state index >= 15 is 0 Å². The highest BCUT2D eigenvalue weighted by atomic mass is 16.6. The van der Waals surface area contributed by atoms with Crippen LogP contribution < -0.4 is 16.4 Å². The van der Waals surface area contributed by atoms with Gasteiger partial charge in [0.05, 0.1) is 4.92 Å². The van der Waals surface area contributed by atoms with Crippen LogP contribution in [-0.2, 0) is 9.59 Å². The molecule has 1 aliphatic rings. The summed E-state index contributed by atoms with van der Waals surface area (Å²) in [5.74, 6) is -1.08. The molecule has 23 heavy (non-hydrogen) atoms. The first kappa shape index (κ1) is 16.5. The third-order valence-electron chi connectivity index (χ3n) is 3.89. The molecule has 0 radical (unpaired) electrons. The van der Waals surface area contributed by atoms with Crippen molar-refractivity contribution in [3.63, 3.8) is 0 Å². The van der Waals surface area contributed by atoms with Gasteiger partial charge in [0.1, 0.15) is 0 Å². The molecule has 4 N–H and O–H groups in total. The third kappa shape index (κ3) is 4.06. The summed E-state index contributed by atoms with van der Waals surface area (Å²) >= 11 is 0. The number of nitrogens with two attached hydrogens (primary N) is 2. The van der Waals surface area contributed by atoms with E-state index in [1.807, 2.05) is 4.90 Å². The summed E-state index contributed by atoms with van der Waals surface area (Å²) in [5.41, 5.74) is 11.6. The van der Waals surface area contributed by atoms with Crippen LogP contribution in [0.3, 0.4) is 0 Å². The standard InChI is InChI=1S/C15H18N4O4/c16-14(20)4-1-11-9-12(19(22)23)2-3-13(11)18-7-5-10(6-8-18)15(17)21/h1-4,9-10H,5-8H2,(H2,16,20)(H2,17,21)/b4-1-. The first-order valence-electron chi connectivity index (χ1n) is 7.18. The first-order valence-corrected chi connectivity index (χ1v) is 7.18. The lowest BCUT2D eigenvalue weighted by Crippen LogP contribution is -2.38. The molecule has 8 nitrogen and oxygen atoms in total. The maximum atomic E-state index is 11.2. The van der Waals surface area contributed by atoms with E-state index in [2.05, 4.69) is 0 Å². The molecule has 2 rings (SSSR count). The zero-order valence-corrected chi connectivity index (χ0v) is 12.5. The summed E-state index contributed by atoms with van der Waals surface area (Å²) in [5, 5.41) is 10.9. The number of piperidine rings is 1. The Hall–Kier alpha value is -2.90. The van der Waals surface area contributed by atoms with E-state index < -0.39 is 10.8 Å². The van der Waals surface area contributed by atoms with Crippen LogP contribution in [0.1, 0.15) is 18.4 Å². The largest absolute Gasteiger partial charge is 0.371 e. The molecule has 0 spiro atoms. The van der Waals surface area contributed by atoms with E-state index in [1.54, 1.807) is 6.07 Å². The predicted octanol–water partition coefficient (Wildman–Crippen LogP) is 0.795. The highest BCUT2D eigenvalue weighted by Crippen LogP contribution is 2.30. The Balaban J connectivity index is 2.28. The Morgan fingerprint density at radius 1 is 1.26 bits per heavy atom. The molecule has 0 aliphatic carbocycles. The zero-order chi connectivity index (χ0) is 17.0. The van der Waals surface area contributed by atoms with Crippen molar-refractivity contribution in [2.75, 3.05) is 18.0 Å². The van der Waals surface area contributed by atoms with Crippen molar-refractivity contribution in [2.45, 2.75) is 12.8 Å². The molecule has 0 saturated carbocycles. The van der Waals surface area contributed by atoms with Crippen LogP contribution in [0.5, 0.6) is 0 Å². The van der Waals surface area contributed by atoms with Gasteiger partial charge in [-0.05, 0) is 25.0 Å². The van der Waals surface area contributed by atoms with Crippen molar-refractivity contribution in [3.05, 3.63) is 40.0 Å². The molecular weight excluding hydrogens is 300 g/mol. The first-order chi connectivity index (χ1) is 10.9. The van der Waals surface area contributed by atoms with Gasteiger partial charge >= 0.3 is 0 Å². The van der Waals surface area contributed by atoms with Gasteiger partial charge in [-0.1, -0.05) is 0 Å². The summed E-state index contributed by atoms with van der Waals surface area (Å²) in [7, 11) is 0. The van der Waals surface area contributed by atoms with Gasteiger partial charge in [-0.15, -0.1) is 0 Å². The molecule has 1 saturated heterocycles. The van der Waals surface area contributed by atoms with Crippen molar-refractivity contribution < 1.29 is 14.5 Å². The van der Waals surface area contributed by atoms with E-state index in [1.165, 1.54) is 24.3 Å². The predicted molar refractivity (Wildman–Crippen MR) is 85.5 cm³/mol. The number of primary amides is 2. The SMILES string of the molecule is NC(=O)/C=C\c1cc([N+](=O)[O-])ccc1N1CCC(C(N)=O)CC1. The number of anilines is 1. The van der Waals surface area contributed by atoms with E-state index in [0.717, 1.165) is 5.69 Å². The molecule has 0 aromatic heterocycles. The van der Waals surface area contributed by atoms with E-state index in [4.69, 9.17) is 11.5 Å². The Labute approximate surface area is 132 Å². The number of carbonyl (C=O) groups is 2. The van der Waals surface area contributed by atoms with Crippen LogP contribution in [0.4, 0.5) is 11.4 Å². The number of carbonyl (C=O) groups excluding carboxylic acids is 2. The lowest BCUT2D eigenvalue weighted by atomic mass is 9.95. The zero-order valence-electron chi connectivity index (χ0n) is 12.5. The minimum Gasteiger partial charge on any atom is -0.371 e. The number of amides is 2. The number of benzene rings is 1. The Morgan fingerprint density at radius 3 is 2.43 bits per heavy atom. The highest BCUT2D eigenvalue weighted by molar-refractivity contribution is 5.91. The molecule has 1 aliphatic heterocycles. The van der Waals surface area contributed by atoms with Crippen LogP contribution >= 0.6 is 0 Å². The van der Waals surface area contributed by atoms with Crippen molar-refractivity contribution in [3.8, 4) is 0 Å². The van der Waals surface area contributed by atoms with Crippen molar-refractivity contribution in [1.82, 2.24) is 0 Å². The fraction of sp³-hybridized carbons (Fsp3) is 0.333. The second-order valence-corrected chi connectivity index (χ2v) is 5.40. The number of hydrogen-bond donors (Lipinski definition) is 2. The van der Waals surface area contributed by atoms with Crippen LogP contribution in [0.25, 0.3) is 6.08 Å². The number of non-ortho nitro benzene ring substituents is 1. The molecule has 0 unspecified atom stereocenters. The lowest BCUT2D eigenvalue weighted by Gasteiger charge is -2.33. The molecule has 122 valence electrons. The van der Waals surface area contributed by atoms with E-state index in [-0.39, 0.29) is 17.5 Å². The van der Waals surface area contributed by atoms with Gasteiger partial charge in [0.25, 0.3) is 5.69 Å². The third-order valence-corrected chi connectivity index (χ3v) is 3.89. The molecule has 0 bridgehead atoms. The molecule has 8 heteroatoms. The maximum Gasteiger partial charge on any atom is 0.270 e. The second-order valence-electron chi connectivity index (χ2n) is 5.40. The quantitative estimate of drug-likeness (QED) is 0.470. The smallest absolute Gasteiger partial charge is 0.270 e. The van der Waals surface area contributed by atoms with Gasteiger partial charge in [-0.3, -0.25) is 19.7 Å². The van der Waals surface area contributed by atoms with Crippen LogP contribution in [0, 0.1) is 16.0 Å². The number of rotatable bonds is 5. The summed E-state index contributed by atoms with van der Waals surface area (Å²) in [4.78, 5) is 34.6. The van der Waals surface area contributed by atoms with Crippen LogP contribution in [0.2, 0.25) is 0 Å². The highest BCUT2D eigenvalue weighted by Gasteiger charge is 2.24. The molecule has 1 fully saturated rings. The molecule has 0 atom stereocenters. The average Bonchev–Trinajstić information content (AvgIpc) is 2.52. The summed E-state index contributed by atoms with van der Waals surface area (Å²) < 4.78 is 0. The number of nitro benzene ring substituents is 1. The summed E-state index contributed by atoms with van der Waals surface area (Å²) in [6.45, 7) is 1.23. The number of nitro groups is 1. The number of nitrogens with zero attached hydrogens (tertiary/aromatic N) is 2. The van der Waals surface area contributed by atoms with Crippen LogP contribution in [0.15, 0.2) is 24.3 Å². The van der Waals surface area contributed by atoms with Gasteiger partial charge in [0, 0.05) is 48.5 Å². The van der Waals surface area contributed by atoms with Crippen molar-refractivity contribution in [2.24, 2.45) is 17.4 Å². The van der Waals surface area contributed by atoms with E-state index in [9.17, 15) is 19.7 Å². The topological polar surface area (TPSA) is 133 Å². The Kier molecular flexibility index (Phi) is 4.95. The lowest BCUT2D eigenvalue weighted by molar-refractivity contribution is -0.384. The van der Waals surface area contributed by atoms with Crippen molar-refractivity contribution in [1.29, 1.82) is 0 Å². The summed E-state index contributed by atoms with van der Waals surface area (Å²) in [6.07, 6.45) is 3.89. The van der Waals surface area contributed by atoms with E-state index in [0.29, 0.717) is 31.5 Å². The monoisotopic (exact) mass is 318 g/mol. The Morgan fingerprint density at radius 2 is 1.91 bits per heavy atom. The Bertz CT molecular complexity index is 663. The van der Waals surface area contributed by atoms with Crippen LogP contribution in [-0.4, -0.2) is 29.8 Å². The molecule has 2 amide bonds. The second kappa shape index (κ2) is 6.91. The molecular formula is C15H18N4O4. The maximum absolute atomic E-state index is 11.2. The summed E-state index contributed by atoms with van der Waals surface area (Å²) in [6, 6.07) is 4.45. The van der Waals surface area contributed by atoms with Crippen molar-refractivity contribution >= 4 is 29.3 Å². The van der Waals surface area contributed by atoms with Gasteiger partial charge in [-0.25, -0.2) is 0 Å². The fourth-order valence-corrected chi connectivity index (χ4v) is 2.65. The normalized spacial score (nSPS) is 15.7. The minimum atomic E-state index is -0.630. The van der Waals surface area contributed by atoms with Gasteiger partial charge in [0.2, 0.25) is 11.8 Å². The van der Waals surface area contributed by atoms with Gasteiger partial charge in [-0.2, -0.15) is 0 Å². The number of hydrogen-bond acceptors (Lipinski definition) is 5. The molecule has 1 aromatic carbocycles.